The minimum Gasteiger partial charge on any atom is -0.495 e. The van der Waals surface area contributed by atoms with Gasteiger partial charge >= 0.3 is 5.97 Å². The van der Waals surface area contributed by atoms with Gasteiger partial charge in [0.2, 0.25) is 0 Å². The Labute approximate surface area is 137 Å². The minimum atomic E-state index is -0.913. The summed E-state index contributed by atoms with van der Waals surface area (Å²) in [4.78, 5) is 12.3. The lowest BCUT2D eigenvalue weighted by Crippen LogP contribution is -2.01. The number of carboxylic acid groups (broad SMARTS) is 1. The van der Waals surface area contributed by atoms with Gasteiger partial charge in [0.25, 0.3) is 0 Å². The first-order valence-corrected chi connectivity index (χ1v) is 7.63. The molecule has 1 heterocycles. The molecule has 1 aromatic heterocycles. The average Bonchev–Trinajstić information content (AvgIpc) is 2.86. The standard InChI is InChI=1S/C15H16ClNO4S/c1-8-4-13(15(18)19)22-14(8)7-17-10-5-9(16)11(20-2)6-12(10)21-3/h4-6,17H,7H2,1-3H3,(H,18,19). The summed E-state index contributed by atoms with van der Waals surface area (Å²) < 4.78 is 10.5. The highest BCUT2D eigenvalue weighted by atomic mass is 35.5. The van der Waals surface area contributed by atoms with Crippen LogP contribution in [0.5, 0.6) is 11.5 Å². The van der Waals surface area contributed by atoms with Crippen LogP contribution in [0.1, 0.15) is 20.1 Å². The Bertz CT molecular complexity index is 699. The highest BCUT2D eigenvalue weighted by Crippen LogP contribution is 2.36. The second kappa shape index (κ2) is 6.89. The van der Waals surface area contributed by atoms with E-state index in [9.17, 15) is 4.79 Å². The number of anilines is 1. The van der Waals surface area contributed by atoms with E-state index in [-0.39, 0.29) is 0 Å². The largest absolute Gasteiger partial charge is 0.495 e. The first kappa shape index (κ1) is 16.5. The van der Waals surface area contributed by atoms with Crippen LogP contribution in [0.4, 0.5) is 5.69 Å². The Morgan fingerprint density at radius 1 is 1.27 bits per heavy atom. The molecule has 0 amide bonds. The predicted molar refractivity (Wildman–Crippen MR) is 87.9 cm³/mol. The third-order valence-electron chi connectivity index (χ3n) is 3.14. The van der Waals surface area contributed by atoms with Crippen molar-refractivity contribution in [2.24, 2.45) is 0 Å². The molecule has 0 radical (unpaired) electrons. The van der Waals surface area contributed by atoms with E-state index in [0.717, 1.165) is 16.1 Å². The monoisotopic (exact) mass is 341 g/mol. The van der Waals surface area contributed by atoms with Crippen molar-refractivity contribution in [1.82, 2.24) is 0 Å². The van der Waals surface area contributed by atoms with Gasteiger partial charge in [0.1, 0.15) is 16.4 Å². The molecule has 0 aliphatic carbocycles. The summed E-state index contributed by atoms with van der Waals surface area (Å²) in [5, 5.41) is 12.7. The third-order valence-corrected chi connectivity index (χ3v) is 4.67. The second-order valence-electron chi connectivity index (χ2n) is 4.56. The minimum absolute atomic E-state index is 0.328. The summed E-state index contributed by atoms with van der Waals surface area (Å²) in [5.74, 6) is 0.225. The number of benzene rings is 1. The Hall–Kier alpha value is -1.92. The fourth-order valence-corrected chi connectivity index (χ4v) is 3.17. The Kier molecular flexibility index (Phi) is 5.15. The van der Waals surface area contributed by atoms with Crippen LogP contribution >= 0.6 is 22.9 Å². The van der Waals surface area contributed by atoms with Gasteiger partial charge in [0.05, 0.1) is 24.9 Å². The van der Waals surface area contributed by atoms with E-state index in [4.69, 9.17) is 26.2 Å². The fraction of sp³-hybridized carbons (Fsp3) is 0.267. The number of thiophene rings is 1. The number of nitrogens with one attached hydrogen (secondary N) is 1. The lowest BCUT2D eigenvalue weighted by molar-refractivity contribution is 0.0702. The van der Waals surface area contributed by atoms with Crippen LogP contribution in [0.25, 0.3) is 0 Å². The molecule has 2 N–H and O–H groups in total. The Morgan fingerprint density at radius 3 is 2.50 bits per heavy atom. The quantitative estimate of drug-likeness (QED) is 0.830. The number of carbonyl (C=O) groups is 1. The zero-order valence-corrected chi connectivity index (χ0v) is 14.0. The van der Waals surface area contributed by atoms with Gasteiger partial charge < -0.3 is 19.9 Å². The third kappa shape index (κ3) is 3.45. The van der Waals surface area contributed by atoms with E-state index in [0.29, 0.717) is 27.9 Å². The maximum Gasteiger partial charge on any atom is 0.345 e. The highest BCUT2D eigenvalue weighted by molar-refractivity contribution is 7.14. The van der Waals surface area contributed by atoms with Crippen LogP contribution in [-0.4, -0.2) is 25.3 Å². The summed E-state index contributed by atoms with van der Waals surface area (Å²) in [6.45, 7) is 2.38. The van der Waals surface area contributed by atoms with Gasteiger partial charge in [-0.3, -0.25) is 0 Å². The molecule has 0 bridgehead atoms. The average molecular weight is 342 g/mol. The molecule has 2 rings (SSSR count). The zero-order valence-electron chi connectivity index (χ0n) is 12.4. The molecule has 0 saturated heterocycles. The van der Waals surface area contributed by atoms with E-state index in [1.54, 1.807) is 25.3 Å². The molecule has 22 heavy (non-hydrogen) atoms. The van der Waals surface area contributed by atoms with E-state index in [1.165, 1.54) is 18.4 Å². The molecule has 2 aromatic rings. The van der Waals surface area contributed by atoms with Crippen molar-refractivity contribution in [1.29, 1.82) is 0 Å². The Balaban J connectivity index is 2.21. The fourth-order valence-electron chi connectivity index (χ4n) is 1.97. The molecule has 0 fully saturated rings. The number of carboxylic acids is 1. The lowest BCUT2D eigenvalue weighted by atomic mass is 10.2. The van der Waals surface area contributed by atoms with Crippen LogP contribution in [0, 0.1) is 6.92 Å². The van der Waals surface area contributed by atoms with Crippen LogP contribution in [0.2, 0.25) is 5.02 Å². The maximum absolute atomic E-state index is 11.0. The van der Waals surface area contributed by atoms with Crippen molar-refractivity contribution in [2.45, 2.75) is 13.5 Å². The molecular formula is C15H16ClNO4S. The zero-order chi connectivity index (χ0) is 16.3. The maximum atomic E-state index is 11.0. The molecule has 7 heteroatoms. The number of ether oxygens (including phenoxy) is 2. The molecule has 0 spiro atoms. The number of aryl methyl sites for hydroxylation is 1. The van der Waals surface area contributed by atoms with Crippen LogP contribution < -0.4 is 14.8 Å². The molecule has 0 saturated carbocycles. The first-order chi connectivity index (χ1) is 10.5. The summed E-state index contributed by atoms with van der Waals surface area (Å²) in [7, 11) is 3.10. The van der Waals surface area contributed by atoms with E-state index in [1.807, 2.05) is 6.92 Å². The van der Waals surface area contributed by atoms with Gasteiger partial charge in [-0.15, -0.1) is 11.3 Å². The normalized spacial score (nSPS) is 10.4. The topological polar surface area (TPSA) is 67.8 Å². The van der Waals surface area contributed by atoms with Crippen LogP contribution in [0.3, 0.4) is 0 Å². The van der Waals surface area contributed by atoms with Gasteiger partial charge in [-0.25, -0.2) is 4.79 Å². The molecule has 0 unspecified atom stereocenters. The van der Waals surface area contributed by atoms with Gasteiger partial charge in [-0.2, -0.15) is 0 Å². The van der Waals surface area contributed by atoms with Gasteiger partial charge in [-0.05, 0) is 24.6 Å². The number of methoxy groups -OCH3 is 2. The van der Waals surface area contributed by atoms with E-state index in [2.05, 4.69) is 5.32 Å². The van der Waals surface area contributed by atoms with Gasteiger partial charge in [0.15, 0.2) is 0 Å². The summed E-state index contributed by atoms with van der Waals surface area (Å²) >= 11 is 7.37. The van der Waals surface area contributed by atoms with Crippen LogP contribution in [0.15, 0.2) is 18.2 Å². The van der Waals surface area contributed by atoms with E-state index < -0.39 is 5.97 Å². The van der Waals surface area contributed by atoms with Crippen molar-refractivity contribution < 1.29 is 19.4 Å². The molecular weight excluding hydrogens is 326 g/mol. The van der Waals surface area contributed by atoms with Gasteiger partial charge in [0, 0.05) is 17.5 Å². The predicted octanol–water partition coefficient (Wildman–Crippen LogP) is 4.04. The SMILES string of the molecule is COc1cc(OC)c(NCc2sc(C(=O)O)cc2C)cc1Cl. The van der Waals surface area contributed by atoms with Crippen molar-refractivity contribution >= 4 is 34.6 Å². The molecule has 118 valence electrons. The van der Waals surface area contributed by atoms with Crippen molar-refractivity contribution in [3.05, 3.63) is 38.5 Å². The molecule has 0 aliphatic heterocycles. The first-order valence-electron chi connectivity index (χ1n) is 6.44. The molecule has 5 nitrogen and oxygen atoms in total. The van der Waals surface area contributed by atoms with Gasteiger partial charge in [-0.1, -0.05) is 11.6 Å². The second-order valence-corrected chi connectivity index (χ2v) is 6.11. The van der Waals surface area contributed by atoms with Crippen molar-refractivity contribution in [3.63, 3.8) is 0 Å². The summed E-state index contributed by atoms with van der Waals surface area (Å²) in [6.07, 6.45) is 0. The number of aromatic carboxylic acids is 1. The van der Waals surface area contributed by atoms with E-state index >= 15 is 0 Å². The highest BCUT2D eigenvalue weighted by Gasteiger charge is 2.13. The molecule has 1 aromatic carbocycles. The summed E-state index contributed by atoms with van der Waals surface area (Å²) in [5.41, 5.74) is 1.66. The number of hydrogen-bond acceptors (Lipinski definition) is 5. The van der Waals surface area contributed by atoms with Crippen molar-refractivity contribution in [3.8, 4) is 11.5 Å². The van der Waals surface area contributed by atoms with Crippen LogP contribution in [-0.2, 0) is 6.54 Å². The number of rotatable bonds is 6. The lowest BCUT2D eigenvalue weighted by Gasteiger charge is -2.13. The summed E-state index contributed by atoms with van der Waals surface area (Å²) in [6, 6.07) is 5.09. The Morgan fingerprint density at radius 2 is 1.95 bits per heavy atom. The molecule has 0 aliphatic rings. The number of halogens is 1. The number of hydrogen-bond donors (Lipinski definition) is 2. The van der Waals surface area contributed by atoms with Crippen molar-refractivity contribution in [2.75, 3.05) is 19.5 Å². The molecule has 0 atom stereocenters. The smallest absolute Gasteiger partial charge is 0.345 e.